The molecule has 0 radical (unpaired) electrons. The van der Waals surface area contributed by atoms with E-state index in [4.69, 9.17) is 4.74 Å². The number of carbonyl (C=O) groups excluding carboxylic acids is 1. The number of ether oxygens (including phenoxy) is 1. The Bertz CT molecular complexity index is 442. The van der Waals surface area contributed by atoms with Crippen LogP contribution in [0.1, 0.15) is 38.2 Å². The van der Waals surface area contributed by atoms with E-state index in [1.54, 1.807) is 24.3 Å². The molecule has 0 spiro atoms. The van der Waals surface area contributed by atoms with Crippen LogP contribution in [0.25, 0.3) is 0 Å². The Morgan fingerprint density at radius 3 is 2.60 bits per heavy atom. The molecule has 5 heteroatoms. The number of aromatic nitrogens is 1. The second kappa shape index (κ2) is 7.24. The molecule has 1 N–H and O–H groups in total. The molecule has 0 aromatic carbocycles. The van der Waals surface area contributed by atoms with Crippen molar-refractivity contribution in [3.63, 3.8) is 0 Å². The lowest BCUT2D eigenvalue weighted by atomic mass is 10.1. The van der Waals surface area contributed by atoms with Crippen molar-refractivity contribution in [3.8, 4) is 0 Å². The van der Waals surface area contributed by atoms with Crippen LogP contribution in [0.5, 0.6) is 0 Å². The van der Waals surface area contributed by atoms with Gasteiger partial charge >= 0.3 is 0 Å². The largest absolute Gasteiger partial charge is 0.382 e. The van der Waals surface area contributed by atoms with Crippen LogP contribution < -0.4 is 5.32 Å². The molecule has 1 amide bonds. The first kappa shape index (κ1) is 16.4. The maximum absolute atomic E-state index is 12.2. The van der Waals surface area contributed by atoms with Crippen molar-refractivity contribution in [2.75, 3.05) is 32.1 Å². The van der Waals surface area contributed by atoms with Gasteiger partial charge in [-0.25, -0.2) is 0 Å². The summed E-state index contributed by atoms with van der Waals surface area (Å²) in [5, 5.41) is 3.27. The zero-order valence-corrected chi connectivity index (χ0v) is 13.1. The van der Waals surface area contributed by atoms with Gasteiger partial charge in [0.15, 0.2) is 0 Å². The van der Waals surface area contributed by atoms with Gasteiger partial charge < -0.3 is 15.0 Å². The van der Waals surface area contributed by atoms with Crippen molar-refractivity contribution in [1.29, 1.82) is 0 Å². The van der Waals surface area contributed by atoms with E-state index >= 15 is 0 Å². The van der Waals surface area contributed by atoms with E-state index in [2.05, 4.69) is 10.3 Å². The van der Waals surface area contributed by atoms with Gasteiger partial charge in [-0.3, -0.25) is 9.78 Å². The molecular weight excluding hydrogens is 254 g/mol. The van der Waals surface area contributed by atoms with E-state index in [0.717, 1.165) is 5.69 Å². The molecule has 0 bridgehead atoms. The van der Waals surface area contributed by atoms with Crippen LogP contribution >= 0.6 is 0 Å². The SMILES string of the molecule is CCN(CC)C(=O)c1cc(NCC(C)(C)OC)ccn1. The van der Waals surface area contributed by atoms with Crippen LogP contribution in [0.4, 0.5) is 5.69 Å². The first-order chi connectivity index (χ1) is 9.43. The van der Waals surface area contributed by atoms with Gasteiger partial charge in [0.05, 0.1) is 5.60 Å². The van der Waals surface area contributed by atoms with E-state index in [-0.39, 0.29) is 11.5 Å². The Morgan fingerprint density at radius 2 is 2.05 bits per heavy atom. The summed E-state index contributed by atoms with van der Waals surface area (Å²) >= 11 is 0. The van der Waals surface area contributed by atoms with Crippen molar-refractivity contribution in [2.45, 2.75) is 33.3 Å². The van der Waals surface area contributed by atoms with Crippen molar-refractivity contribution in [2.24, 2.45) is 0 Å². The van der Waals surface area contributed by atoms with Gasteiger partial charge in [0.25, 0.3) is 5.91 Å². The summed E-state index contributed by atoms with van der Waals surface area (Å²) in [7, 11) is 1.68. The van der Waals surface area contributed by atoms with Gasteiger partial charge in [-0.1, -0.05) is 0 Å². The average molecular weight is 279 g/mol. The van der Waals surface area contributed by atoms with E-state index in [1.807, 2.05) is 33.8 Å². The predicted octanol–water partition coefficient (Wildman–Crippen LogP) is 2.40. The topological polar surface area (TPSA) is 54.5 Å². The third-order valence-corrected chi connectivity index (χ3v) is 3.30. The molecule has 0 saturated heterocycles. The Kier molecular flexibility index (Phi) is 5.95. The summed E-state index contributed by atoms with van der Waals surface area (Å²) < 4.78 is 5.36. The summed E-state index contributed by atoms with van der Waals surface area (Å²) in [4.78, 5) is 18.1. The zero-order valence-electron chi connectivity index (χ0n) is 13.1. The Morgan fingerprint density at radius 1 is 1.40 bits per heavy atom. The lowest BCUT2D eigenvalue weighted by Crippen LogP contribution is -2.32. The highest BCUT2D eigenvalue weighted by molar-refractivity contribution is 5.93. The molecule has 1 heterocycles. The number of anilines is 1. The Labute approximate surface area is 121 Å². The molecule has 20 heavy (non-hydrogen) atoms. The molecule has 5 nitrogen and oxygen atoms in total. The minimum Gasteiger partial charge on any atom is -0.382 e. The van der Waals surface area contributed by atoms with Gasteiger partial charge in [0, 0.05) is 38.6 Å². The highest BCUT2D eigenvalue weighted by atomic mass is 16.5. The molecular formula is C15H25N3O2. The molecule has 1 rings (SSSR count). The number of nitrogens with one attached hydrogen (secondary N) is 1. The maximum atomic E-state index is 12.2. The fourth-order valence-electron chi connectivity index (χ4n) is 1.72. The number of nitrogens with zero attached hydrogens (tertiary/aromatic N) is 2. The van der Waals surface area contributed by atoms with Crippen LogP contribution in [0.15, 0.2) is 18.3 Å². The van der Waals surface area contributed by atoms with Gasteiger partial charge in [0.1, 0.15) is 5.69 Å². The predicted molar refractivity (Wildman–Crippen MR) is 81.1 cm³/mol. The van der Waals surface area contributed by atoms with E-state index in [0.29, 0.717) is 25.3 Å². The van der Waals surface area contributed by atoms with E-state index in [1.165, 1.54) is 0 Å². The van der Waals surface area contributed by atoms with Crippen molar-refractivity contribution < 1.29 is 9.53 Å². The summed E-state index contributed by atoms with van der Waals surface area (Å²) in [6, 6.07) is 3.64. The summed E-state index contributed by atoms with van der Waals surface area (Å²) in [5.41, 5.74) is 1.08. The van der Waals surface area contributed by atoms with Gasteiger partial charge in [0.2, 0.25) is 0 Å². The molecule has 112 valence electrons. The highest BCUT2D eigenvalue weighted by Crippen LogP contribution is 2.13. The van der Waals surface area contributed by atoms with Crippen molar-refractivity contribution in [3.05, 3.63) is 24.0 Å². The first-order valence-corrected chi connectivity index (χ1v) is 6.98. The fraction of sp³-hybridized carbons (Fsp3) is 0.600. The van der Waals surface area contributed by atoms with Crippen LogP contribution in [-0.2, 0) is 4.74 Å². The standard InChI is InChI=1S/C15H25N3O2/c1-6-18(7-2)14(19)13-10-12(8-9-16-13)17-11-15(3,4)20-5/h8-10H,6-7,11H2,1-5H3,(H,16,17). The number of hydrogen-bond donors (Lipinski definition) is 1. The third-order valence-electron chi connectivity index (χ3n) is 3.30. The van der Waals surface area contributed by atoms with Crippen LogP contribution in [0, 0.1) is 0 Å². The van der Waals surface area contributed by atoms with Gasteiger partial charge in [-0.2, -0.15) is 0 Å². The molecule has 0 aliphatic rings. The van der Waals surface area contributed by atoms with Crippen LogP contribution in [0.3, 0.4) is 0 Å². The number of methoxy groups -OCH3 is 1. The number of carbonyl (C=O) groups is 1. The lowest BCUT2D eigenvalue weighted by molar-refractivity contribution is 0.0344. The smallest absolute Gasteiger partial charge is 0.272 e. The molecule has 0 unspecified atom stereocenters. The monoisotopic (exact) mass is 279 g/mol. The van der Waals surface area contributed by atoms with E-state index in [9.17, 15) is 4.79 Å². The Balaban J connectivity index is 2.78. The van der Waals surface area contributed by atoms with Crippen LogP contribution in [-0.4, -0.2) is 48.1 Å². The van der Waals surface area contributed by atoms with Crippen LogP contribution in [0.2, 0.25) is 0 Å². The number of rotatable bonds is 7. The third kappa shape index (κ3) is 4.49. The van der Waals surface area contributed by atoms with Gasteiger partial charge in [-0.15, -0.1) is 0 Å². The van der Waals surface area contributed by atoms with Gasteiger partial charge in [-0.05, 0) is 39.8 Å². The maximum Gasteiger partial charge on any atom is 0.272 e. The lowest BCUT2D eigenvalue weighted by Gasteiger charge is -2.24. The number of amides is 1. The molecule has 1 aromatic heterocycles. The summed E-state index contributed by atoms with van der Waals surface area (Å²) in [6.45, 7) is 9.96. The zero-order chi connectivity index (χ0) is 15.2. The number of hydrogen-bond acceptors (Lipinski definition) is 4. The Hall–Kier alpha value is -1.62. The molecule has 0 aliphatic heterocycles. The average Bonchev–Trinajstić information content (AvgIpc) is 2.47. The molecule has 0 aliphatic carbocycles. The highest BCUT2D eigenvalue weighted by Gasteiger charge is 2.17. The second-order valence-electron chi connectivity index (χ2n) is 5.22. The molecule has 1 aromatic rings. The normalized spacial score (nSPS) is 11.2. The minimum absolute atomic E-state index is 0.0374. The number of pyridine rings is 1. The molecule has 0 atom stereocenters. The minimum atomic E-state index is -0.258. The fourth-order valence-corrected chi connectivity index (χ4v) is 1.72. The summed E-state index contributed by atoms with van der Waals surface area (Å²) in [6.07, 6.45) is 1.65. The second-order valence-corrected chi connectivity index (χ2v) is 5.22. The molecule has 0 saturated carbocycles. The van der Waals surface area contributed by atoms with E-state index < -0.39 is 0 Å². The first-order valence-electron chi connectivity index (χ1n) is 6.98. The van der Waals surface area contributed by atoms with Crippen molar-refractivity contribution in [1.82, 2.24) is 9.88 Å². The molecule has 0 fully saturated rings. The summed E-state index contributed by atoms with van der Waals surface area (Å²) in [5.74, 6) is -0.0374. The quantitative estimate of drug-likeness (QED) is 0.832. The van der Waals surface area contributed by atoms with Crippen molar-refractivity contribution >= 4 is 11.6 Å².